The number of rotatable bonds is 7. The molecule has 0 bridgehead atoms. The maximum atomic E-state index is 12.1. The Hall–Kier alpha value is -1.63. The zero-order valence-corrected chi connectivity index (χ0v) is 12.1. The van der Waals surface area contributed by atoms with Gasteiger partial charge in [0.05, 0.1) is 12.5 Å². The third-order valence-electron chi connectivity index (χ3n) is 3.21. The highest BCUT2D eigenvalue weighted by Crippen LogP contribution is 2.10. The van der Waals surface area contributed by atoms with Crippen molar-refractivity contribution in [3.8, 4) is 0 Å². The van der Waals surface area contributed by atoms with Gasteiger partial charge < -0.3 is 21.7 Å². The second-order valence-corrected chi connectivity index (χ2v) is 5.56. The van der Waals surface area contributed by atoms with Gasteiger partial charge in [-0.2, -0.15) is 0 Å². The Morgan fingerprint density at radius 1 is 1.35 bits per heavy atom. The van der Waals surface area contributed by atoms with E-state index in [-0.39, 0.29) is 30.2 Å². The summed E-state index contributed by atoms with van der Waals surface area (Å²) < 4.78 is 0. The highest BCUT2D eigenvalue weighted by atomic mass is 16.2. The van der Waals surface area contributed by atoms with E-state index in [9.17, 15) is 14.4 Å². The summed E-state index contributed by atoms with van der Waals surface area (Å²) in [6, 6.07) is -0.623. The van der Waals surface area contributed by atoms with Gasteiger partial charge >= 0.3 is 0 Å². The lowest BCUT2D eigenvalue weighted by Crippen LogP contribution is -2.50. The highest BCUT2D eigenvalue weighted by Gasteiger charge is 2.27. The van der Waals surface area contributed by atoms with Gasteiger partial charge in [-0.05, 0) is 25.3 Å². The second kappa shape index (κ2) is 7.84. The molecule has 0 aromatic rings. The van der Waals surface area contributed by atoms with Crippen LogP contribution in [-0.2, 0) is 14.4 Å². The Morgan fingerprint density at radius 3 is 2.55 bits per heavy atom. The highest BCUT2D eigenvalue weighted by molar-refractivity contribution is 5.90. The summed E-state index contributed by atoms with van der Waals surface area (Å²) in [6.07, 6.45) is 1.31. The lowest BCUT2D eigenvalue weighted by atomic mass is 10.0. The van der Waals surface area contributed by atoms with Crippen molar-refractivity contribution in [2.24, 2.45) is 17.6 Å². The number of carbonyl (C=O) groups excluding carboxylic acids is 3. The van der Waals surface area contributed by atoms with Crippen molar-refractivity contribution < 1.29 is 14.4 Å². The van der Waals surface area contributed by atoms with E-state index in [0.29, 0.717) is 13.0 Å². The molecule has 0 aromatic carbocycles. The van der Waals surface area contributed by atoms with E-state index in [0.717, 1.165) is 13.0 Å². The lowest BCUT2D eigenvalue weighted by molar-refractivity contribution is -0.131. The van der Waals surface area contributed by atoms with Crippen molar-refractivity contribution in [1.29, 1.82) is 0 Å². The van der Waals surface area contributed by atoms with Gasteiger partial charge in [-0.25, -0.2) is 0 Å². The quantitative estimate of drug-likeness (QED) is 0.467. The molecule has 20 heavy (non-hydrogen) atoms. The molecule has 3 amide bonds. The average molecular weight is 284 g/mol. The smallest absolute Gasteiger partial charge is 0.243 e. The Bertz CT molecular complexity index is 365. The molecule has 1 saturated heterocycles. The predicted octanol–water partition coefficient (Wildman–Crippen LogP) is -1.27. The number of hydrogen-bond acceptors (Lipinski definition) is 4. The summed E-state index contributed by atoms with van der Waals surface area (Å²) in [7, 11) is 0. The molecule has 0 spiro atoms. The van der Waals surface area contributed by atoms with Crippen LogP contribution in [0.15, 0.2) is 0 Å². The van der Waals surface area contributed by atoms with Gasteiger partial charge in [0, 0.05) is 6.54 Å². The van der Waals surface area contributed by atoms with Crippen molar-refractivity contribution in [1.82, 2.24) is 16.0 Å². The van der Waals surface area contributed by atoms with Crippen molar-refractivity contribution in [3.63, 3.8) is 0 Å². The van der Waals surface area contributed by atoms with Gasteiger partial charge in [0.1, 0.15) is 6.04 Å². The average Bonchev–Trinajstić information content (AvgIpc) is 2.88. The second-order valence-electron chi connectivity index (χ2n) is 5.56. The molecule has 1 aliphatic rings. The molecule has 0 unspecified atom stereocenters. The molecule has 1 fully saturated rings. The van der Waals surface area contributed by atoms with Crippen LogP contribution in [0.1, 0.15) is 26.7 Å². The Morgan fingerprint density at radius 2 is 2.05 bits per heavy atom. The Balaban J connectivity index is 2.55. The minimum atomic E-state index is -0.623. The van der Waals surface area contributed by atoms with Crippen LogP contribution in [0, 0.1) is 11.8 Å². The van der Waals surface area contributed by atoms with Gasteiger partial charge in [0.15, 0.2) is 0 Å². The first kappa shape index (κ1) is 16.4. The van der Waals surface area contributed by atoms with Gasteiger partial charge in [-0.15, -0.1) is 0 Å². The van der Waals surface area contributed by atoms with Crippen LogP contribution in [0.4, 0.5) is 0 Å². The van der Waals surface area contributed by atoms with E-state index >= 15 is 0 Å². The number of primary amides is 1. The summed E-state index contributed by atoms with van der Waals surface area (Å²) in [5.74, 6) is -0.922. The number of nitrogens with two attached hydrogens (primary N) is 1. The van der Waals surface area contributed by atoms with E-state index in [1.807, 2.05) is 13.8 Å². The predicted molar refractivity (Wildman–Crippen MR) is 74.6 cm³/mol. The normalized spacial score (nSPS) is 19.6. The number of hydrogen-bond donors (Lipinski definition) is 4. The lowest BCUT2D eigenvalue weighted by Gasteiger charge is -2.21. The van der Waals surface area contributed by atoms with Crippen molar-refractivity contribution in [3.05, 3.63) is 0 Å². The Kier molecular flexibility index (Phi) is 6.44. The SMILES string of the molecule is CC(C)C[C@H](NC(=O)[C@H]1CCNC1)C(=O)NCC(N)=O. The van der Waals surface area contributed by atoms with Crippen LogP contribution in [0.2, 0.25) is 0 Å². The fourth-order valence-electron chi connectivity index (χ4n) is 2.17. The molecule has 114 valence electrons. The first-order valence-electron chi connectivity index (χ1n) is 6.97. The molecular weight excluding hydrogens is 260 g/mol. The van der Waals surface area contributed by atoms with Crippen LogP contribution in [0.25, 0.3) is 0 Å². The molecule has 0 saturated carbocycles. The van der Waals surface area contributed by atoms with Crippen LogP contribution in [0.5, 0.6) is 0 Å². The number of amides is 3. The van der Waals surface area contributed by atoms with Crippen molar-refractivity contribution in [2.45, 2.75) is 32.7 Å². The van der Waals surface area contributed by atoms with E-state index in [2.05, 4.69) is 16.0 Å². The summed E-state index contributed by atoms with van der Waals surface area (Å²) in [4.78, 5) is 34.7. The number of nitrogens with one attached hydrogen (secondary N) is 3. The topological polar surface area (TPSA) is 113 Å². The molecule has 1 aliphatic heterocycles. The third kappa shape index (κ3) is 5.56. The maximum absolute atomic E-state index is 12.1. The van der Waals surface area contributed by atoms with Crippen LogP contribution in [-0.4, -0.2) is 43.4 Å². The van der Waals surface area contributed by atoms with Gasteiger partial charge in [0.2, 0.25) is 17.7 Å². The summed E-state index contributed by atoms with van der Waals surface area (Å²) in [6.45, 7) is 5.19. The third-order valence-corrected chi connectivity index (χ3v) is 3.21. The fraction of sp³-hybridized carbons (Fsp3) is 0.769. The van der Waals surface area contributed by atoms with Crippen molar-refractivity contribution in [2.75, 3.05) is 19.6 Å². The van der Waals surface area contributed by atoms with Gasteiger partial charge in [0.25, 0.3) is 0 Å². The van der Waals surface area contributed by atoms with Crippen LogP contribution < -0.4 is 21.7 Å². The number of carbonyl (C=O) groups is 3. The summed E-state index contributed by atoms with van der Waals surface area (Å²) >= 11 is 0. The molecule has 5 N–H and O–H groups in total. The zero-order chi connectivity index (χ0) is 15.1. The van der Waals surface area contributed by atoms with E-state index in [1.165, 1.54) is 0 Å². The van der Waals surface area contributed by atoms with Crippen molar-refractivity contribution >= 4 is 17.7 Å². The first-order chi connectivity index (χ1) is 9.40. The standard InChI is InChI=1S/C13H24N4O3/c1-8(2)5-10(13(20)16-7-11(14)18)17-12(19)9-3-4-15-6-9/h8-10,15H,3-7H2,1-2H3,(H2,14,18)(H,16,20)(H,17,19)/t9-,10-/m0/s1. The van der Waals surface area contributed by atoms with Gasteiger partial charge in [-0.3, -0.25) is 14.4 Å². The molecule has 2 atom stereocenters. The monoisotopic (exact) mass is 284 g/mol. The Labute approximate surface area is 119 Å². The zero-order valence-electron chi connectivity index (χ0n) is 12.1. The molecule has 0 aromatic heterocycles. The minimum Gasteiger partial charge on any atom is -0.368 e. The molecule has 0 aliphatic carbocycles. The molecule has 7 nitrogen and oxygen atoms in total. The molecule has 7 heteroatoms. The molecule has 0 radical (unpaired) electrons. The molecule has 1 rings (SSSR count). The van der Waals surface area contributed by atoms with E-state index in [1.54, 1.807) is 0 Å². The fourth-order valence-corrected chi connectivity index (χ4v) is 2.17. The largest absolute Gasteiger partial charge is 0.368 e. The first-order valence-corrected chi connectivity index (χ1v) is 6.97. The van der Waals surface area contributed by atoms with E-state index in [4.69, 9.17) is 5.73 Å². The van der Waals surface area contributed by atoms with E-state index < -0.39 is 11.9 Å². The molecule has 1 heterocycles. The maximum Gasteiger partial charge on any atom is 0.243 e. The minimum absolute atomic E-state index is 0.0893. The van der Waals surface area contributed by atoms with Crippen LogP contribution in [0.3, 0.4) is 0 Å². The summed E-state index contributed by atoms with van der Waals surface area (Å²) in [5, 5.41) is 8.32. The van der Waals surface area contributed by atoms with Gasteiger partial charge in [-0.1, -0.05) is 13.8 Å². The summed E-state index contributed by atoms with van der Waals surface area (Å²) in [5.41, 5.74) is 4.99. The van der Waals surface area contributed by atoms with Crippen LogP contribution >= 0.6 is 0 Å². The molecular formula is C13H24N4O3.